The fourth-order valence-corrected chi connectivity index (χ4v) is 2.79. The van der Waals surface area contributed by atoms with Gasteiger partial charge in [0.2, 0.25) is 0 Å². The lowest BCUT2D eigenvalue weighted by Crippen LogP contribution is -2.50. The van der Waals surface area contributed by atoms with E-state index >= 15 is 0 Å². The topological polar surface area (TPSA) is 69.6 Å². The van der Waals surface area contributed by atoms with Crippen LogP contribution in [0.2, 0.25) is 0 Å². The zero-order valence-electron chi connectivity index (χ0n) is 10.1. The number of aromatic nitrogens is 2. The highest BCUT2D eigenvalue weighted by atomic mass is 16.4. The van der Waals surface area contributed by atoms with Crippen LogP contribution in [0.3, 0.4) is 0 Å². The first-order chi connectivity index (χ1) is 8.74. The summed E-state index contributed by atoms with van der Waals surface area (Å²) in [5.74, 6) is -0.249. The number of piperazine rings is 1. The molecule has 3 rings (SSSR count). The predicted molar refractivity (Wildman–Crippen MR) is 65.8 cm³/mol. The molecule has 1 aromatic heterocycles. The highest BCUT2D eigenvalue weighted by molar-refractivity contribution is 5.84. The van der Waals surface area contributed by atoms with Gasteiger partial charge in [0.05, 0.1) is 12.4 Å². The minimum absolute atomic E-state index is 0.00162. The van der Waals surface area contributed by atoms with E-state index < -0.39 is 5.97 Å². The normalized spacial score (nSPS) is 24.0. The van der Waals surface area contributed by atoms with Gasteiger partial charge in [-0.15, -0.1) is 0 Å². The minimum atomic E-state index is -1.03. The van der Waals surface area contributed by atoms with Crippen LogP contribution in [-0.4, -0.2) is 58.2 Å². The van der Waals surface area contributed by atoms with Gasteiger partial charge in [0, 0.05) is 25.7 Å². The van der Waals surface area contributed by atoms with E-state index in [9.17, 15) is 4.79 Å². The van der Waals surface area contributed by atoms with Crippen molar-refractivity contribution >= 4 is 11.8 Å². The molecule has 2 fully saturated rings. The summed E-state index contributed by atoms with van der Waals surface area (Å²) in [5.41, 5.74) is -0.00162. The molecule has 1 atom stereocenters. The van der Waals surface area contributed by atoms with Gasteiger partial charge in [-0.2, -0.15) is 0 Å². The molecule has 0 saturated carbocycles. The number of rotatable bonds is 2. The molecule has 0 radical (unpaired) electrons. The maximum atomic E-state index is 10.7. The molecule has 6 nitrogen and oxygen atoms in total. The Kier molecular flexibility index (Phi) is 2.87. The van der Waals surface area contributed by atoms with E-state index in [4.69, 9.17) is 5.11 Å². The van der Waals surface area contributed by atoms with Crippen LogP contribution >= 0.6 is 0 Å². The second-order valence-corrected chi connectivity index (χ2v) is 4.84. The number of hydrogen-bond acceptors (Lipinski definition) is 5. The first-order valence-corrected chi connectivity index (χ1v) is 6.28. The number of carboxylic acid groups (broad SMARTS) is 1. The van der Waals surface area contributed by atoms with Crippen LogP contribution in [0.15, 0.2) is 12.4 Å². The molecule has 0 amide bonds. The lowest BCUT2D eigenvalue weighted by Gasteiger charge is -2.37. The van der Waals surface area contributed by atoms with Crippen molar-refractivity contribution in [3.63, 3.8) is 0 Å². The second kappa shape index (κ2) is 4.53. The summed E-state index contributed by atoms with van der Waals surface area (Å²) < 4.78 is 0. The Morgan fingerprint density at radius 1 is 1.28 bits per heavy atom. The lowest BCUT2D eigenvalue weighted by atomic mass is 10.1. The van der Waals surface area contributed by atoms with Gasteiger partial charge in [-0.1, -0.05) is 0 Å². The number of fused-ring (bicyclic) bond motifs is 1. The molecule has 1 N–H and O–H groups in total. The monoisotopic (exact) mass is 248 g/mol. The summed E-state index contributed by atoms with van der Waals surface area (Å²) in [6.07, 6.45) is 5.42. The molecule has 0 aliphatic carbocycles. The van der Waals surface area contributed by atoms with Crippen LogP contribution in [0, 0.1) is 0 Å². The van der Waals surface area contributed by atoms with Gasteiger partial charge in [-0.25, -0.2) is 14.8 Å². The number of carbonyl (C=O) groups is 1. The van der Waals surface area contributed by atoms with E-state index in [1.165, 1.54) is 25.6 Å². The Bertz CT molecular complexity index is 448. The van der Waals surface area contributed by atoms with Crippen LogP contribution in [0.1, 0.15) is 23.3 Å². The zero-order valence-corrected chi connectivity index (χ0v) is 10.1. The van der Waals surface area contributed by atoms with Gasteiger partial charge in [0.15, 0.2) is 5.69 Å². The number of hydrogen-bond donors (Lipinski definition) is 1. The molecule has 3 heterocycles. The van der Waals surface area contributed by atoms with Gasteiger partial charge in [0.25, 0.3) is 0 Å². The molecule has 1 unspecified atom stereocenters. The van der Waals surface area contributed by atoms with Gasteiger partial charge in [-0.3, -0.25) is 4.90 Å². The first-order valence-electron chi connectivity index (χ1n) is 6.28. The molecule has 6 heteroatoms. The van der Waals surface area contributed by atoms with Crippen molar-refractivity contribution in [2.45, 2.75) is 18.9 Å². The average Bonchev–Trinajstić information content (AvgIpc) is 2.86. The molecule has 18 heavy (non-hydrogen) atoms. The van der Waals surface area contributed by atoms with Crippen molar-refractivity contribution in [3.8, 4) is 0 Å². The van der Waals surface area contributed by atoms with Gasteiger partial charge in [0.1, 0.15) is 5.82 Å². The van der Waals surface area contributed by atoms with E-state index in [0.29, 0.717) is 6.04 Å². The zero-order chi connectivity index (χ0) is 12.5. The third-order valence-electron chi connectivity index (χ3n) is 3.77. The number of aromatic carboxylic acids is 1. The maximum Gasteiger partial charge on any atom is 0.356 e. The van der Waals surface area contributed by atoms with E-state index in [1.54, 1.807) is 6.20 Å². The SMILES string of the molecule is O=C(O)c1cnc(N2CCN3CCCC3C2)cn1. The summed E-state index contributed by atoms with van der Waals surface area (Å²) >= 11 is 0. The molecular weight excluding hydrogens is 232 g/mol. The fourth-order valence-electron chi connectivity index (χ4n) is 2.79. The molecule has 96 valence electrons. The Morgan fingerprint density at radius 3 is 2.89 bits per heavy atom. The quantitative estimate of drug-likeness (QED) is 0.820. The van der Waals surface area contributed by atoms with Crippen molar-refractivity contribution in [2.75, 3.05) is 31.1 Å². The number of nitrogens with zero attached hydrogens (tertiary/aromatic N) is 4. The largest absolute Gasteiger partial charge is 0.476 e. The fraction of sp³-hybridized carbons (Fsp3) is 0.583. The van der Waals surface area contributed by atoms with Gasteiger partial charge >= 0.3 is 5.97 Å². The Balaban J connectivity index is 1.73. The minimum Gasteiger partial charge on any atom is -0.476 e. The van der Waals surface area contributed by atoms with Crippen molar-refractivity contribution in [1.29, 1.82) is 0 Å². The molecule has 0 bridgehead atoms. The third-order valence-corrected chi connectivity index (χ3v) is 3.77. The molecule has 0 aromatic carbocycles. The smallest absolute Gasteiger partial charge is 0.356 e. The maximum absolute atomic E-state index is 10.7. The van der Waals surface area contributed by atoms with E-state index in [1.807, 2.05) is 0 Å². The van der Waals surface area contributed by atoms with Gasteiger partial charge < -0.3 is 10.0 Å². The summed E-state index contributed by atoms with van der Waals surface area (Å²) in [6.45, 7) is 4.19. The van der Waals surface area contributed by atoms with Crippen LogP contribution in [0.25, 0.3) is 0 Å². The Hall–Kier alpha value is -1.69. The van der Waals surface area contributed by atoms with Crippen molar-refractivity contribution in [1.82, 2.24) is 14.9 Å². The van der Waals surface area contributed by atoms with Crippen LogP contribution in [0.5, 0.6) is 0 Å². The second-order valence-electron chi connectivity index (χ2n) is 4.84. The summed E-state index contributed by atoms with van der Waals surface area (Å²) in [6, 6.07) is 0.625. The Labute approximate surface area is 105 Å². The highest BCUT2D eigenvalue weighted by Gasteiger charge is 2.31. The van der Waals surface area contributed by atoms with Crippen molar-refractivity contribution < 1.29 is 9.90 Å². The summed E-state index contributed by atoms with van der Waals surface area (Å²) in [4.78, 5) is 23.6. The van der Waals surface area contributed by atoms with Gasteiger partial charge in [-0.05, 0) is 19.4 Å². The molecule has 2 aliphatic rings. The predicted octanol–water partition coefficient (Wildman–Crippen LogP) is 0.459. The molecule has 2 aliphatic heterocycles. The molecular formula is C12H16N4O2. The van der Waals surface area contributed by atoms with Crippen molar-refractivity contribution in [2.24, 2.45) is 0 Å². The third kappa shape index (κ3) is 2.03. The standard InChI is InChI=1S/C12H16N4O2/c17-12(18)10-6-14-11(7-13-10)16-5-4-15-3-1-2-9(15)8-16/h6-7,9H,1-5,8H2,(H,17,18). The van der Waals surface area contributed by atoms with Crippen LogP contribution < -0.4 is 4.90 Å². The number of anilines is 1. The molecule has 2 saturated heterocycles. The van der Waals surface area contributed by atoms with E-state index in [2.05, 4.69) is 19.8 Å². The summed E-state index contributed by atoms with van der Waals surface area (Å²) in [5, 5.41) is 8.79. The molecule has 0 spiro atoms. The number of carboxylic acids is 1. The lowest BCUT2D eigenvalue weighted by molar-refractivity contribution is 0.0690. The summed E-state index contributed by atoms with van der Waals surface area (Å²) in [7, 11) is 0. The highest BCUT2D eigenvalue weighted by Crippen LogP contribution is 2.23. The van der Waals surface area contributed by atoms with Crippen LogP contribution in [-0.2, 0) is 0 Å². The van der Waals surface area contributed by atoms with Crippen molar-refractivity contribution in [3.05, 3.63) is 18.1 Å². The van der Waals surface area contributed by atoms with E-state index in [0.717, 1.165) is 25.5 Å². The molecule has 1 aromatic rings. The first kappa shape index (κ1) is 11.4. The Morgan fingerprint density at radius 2 is 2.17 bits per heavy atom. The van der Waals surface area contributed by atoms with Crippen LogP contribution in [0.4, 0.5) is 5.82 Å². The average molecular weight is 248 g/mol. The van der Waals surface area contributed by atoms with E-state index in [-0.39, 0.29) is 5.69 Å².